The average molecular weight is 371 g/mol. The summed E-state index contributed by atoms with van der Waals surface area (Å²) < 4.78 is 22.2. The Morgan fingerprint density at radius 1 is 1.15 bits per heavy atom. The van der Waals surface area contributed by atoms with Crippen LogP contribution in [0.25, 0.3) is 0 Å². The van der Waals surface area contributed by atoms with Crippen LogP contribution in [0.4, 0.5) is 0 Å². The Morgan fingerprint density at radius 2 is 1.89 bits per heavy atom. The summed E-state index contributed by atoms with van der Waals surface area (Å²) in [5.41, 5.74) is 0.529. The Kier molecular flexibility index (Phi) is 5.44. The molecular formula is C21H25NO5. The lowest BCUT2D eigenvalue weighted by Crippen LogP contribution is -2.42. The summed E-state index contributed by atoms with van der Waals surface area (Å²) in [6.45, 7) is 3.91. The minimum Gasteiger partial charge on any atom is -0.497 e. The molecule has 1 N–H and O–H groups in total. The van der Waals surface area contributed by atoms with E-state index in [-0.39, 0.29) is 18.6 Å². The van der Waals surface area contributed by atoms with Crippen LogP contribution in [0.1, 0.15) is 31.9 Å². The molecule has 0 spiro atoms. The van der Waals surface area contributed by atoms with Gasteiger partial charge in [0.15, 0.2) is 18.1 Å². The fourth-order valence-corrected chi connectivity index (χ4v) is 3.20. The van der Waals surface area contributed by atoms with E-state index in [1.807, 2.05) is 44.2 Å². The van der Waals surface area contributed by atoms with Gasteiger partial charge in [-0.25, -0.2) is 0 Å². The van der Waals surface area contributed by atoms with E-state index < -0.39 is 5.60 Å². The summed E-state index contributed by atoms with van der Waals surface area (Å²) in [6, 6.07) is 12.7. The maximum atomic E-state index is 12.5. The van der Waals surface area contributed by atoms with E-state index in [1.54, 1.807) is 26.4 Å². The third-order valence-corrected chi connectivity index (χ3v) is 4.44. The van der Waals surface area contributed by atoms with Crippen LogP contribution in [0.15, 0.2) is 42.5 Å². The van der Waals surface area contributed by atoms with Crippen molar-refractivity contribution in [2.45, 2.75) is 31.9 Å². The van der Waals surface area contributed by atoms with Crippen molar-refractivity contribution in [2.75, 3.05) is 20.8 Å². The first-order valence-electron chi connectivity index (χ1n) is 8.84. The first-order valence-corrected chi connectivity index (χ1v) is 8.84. The van der Waals surface area contributed by atoms with Crippen LogP contribution in [0, 0.1) is 0 Å². The van der Waals surface area contributed by atoms with Gasteiger partial charge in [-0.3, -0.25) is 4.79 Å². The summed E-state index contributed by atoms with van der Waals surface area (Å²) >= 11 is 0. The molecule has 3 rings (SSSR count). The van der Waals surface area contributed by atoms with Crippen molar-refractivity contribution < 1.29 is 23.7 Å². The Morgan fingerprint density at radius 3 is 2.59 bits per heavy atom. The number of hydrogen-bond donors (Lipinski definition) is 1. The van der Waals surface area contributed by atoms with Crippen molar-refractivity contribution in [1.82, 2.24) is 5.32 Å². The number of rotatable bonds is 6. The van der Waals surface area contributed by atoms with Crippen molar-refractivity contribution in [3.63, 3.8) is 0 Å². The predicted molar refractivity (Wildman–Crippen MR) is 102 cm³/mol. The molecule has 0 bridgehead atoms. The third-order valence-electron chi connectivity index (χ3n) is 4.44. The van der Waals surface area contributed by atoms with Crippen LogP contribution in [-0.4, -0.2) is 32.3 Å². The number of carbonyl (C=O) groups excluding carboxylic acids is 1. The van der Waals surface area contributed by atoms with Crippen LogP contribution < -0.4 is 24.3 Å². The minimum absolute atomic E-state index is 0.0936. The van der Waals surface area contributed by atoms with Gasteiger partial charge in [-0.15, -0.1) is 0 Å². The highest BCUT2D eigenvalue weighted by atomic mass is 16.5. The molecule has 144 valence electrons. The number of amides is 1. The Labute approximate surface area is 159 Å². The molecule has 0 fully saturated rings. The summed E-state index contributed by atoms with van der Waals surface area (Å²) in [4.78, 5) is 12.5. The van der Waals surface area contributed by atoms with Gasteiger partial charge < -0.3 is 24.3 Å². The number of benzene rings is 2. The van der Waals surface area contributed by atoms with Gasteiger partial charge in [0.25, 0.3) is 5.91 Å². The average Bonchev–Trinajstić information content (AvgIpc) is 2.65. The van der Waals surface area contributed by atoms with E-state index in [1.165, 1.54) is 0 Å². The van der Waals surface area contributed by atoms with Gasteiger partial charge in [0.05, 0.1) is 20.3 Å². The molecule has 0 saturated heterocycles. The zero-order chi connectivity index (χ0) is 19.4. The van der Waals surface area contributed by atoms with E-state index in [2.05, 4.69) is 5.32 Å². The maximum absolute atomic E-state index is 12.5. The molecule has 1 amide bonds. The highest BCUT2D eigenvalue weighted by molar-refractivity contribution is 5.78. The number of hydrogen-bond acceptors (Lipinski definition) is 5. The molecule has 27 heavy (non-hydrogen) atoms. The molecular weight excluding hydrogens is 346 g/mol. The normalized spacial score (nSPS) is 17.3. The van der Waals surface area contributed by atoms with Crippen LogP contribution in [0.3, 0.4) is 0 Å². The lowest BCUT2D eigenvalue weighted by molar-refractivity contribution is -0.124. The Hall–Kier alpha value is -2.89. The molecule has 0 aliphatic carbocycles. The Balaban J connectivity index is 1.70. The molecule has 6 nitrogen and oxygen atoms in total. The van der Waals surface area contributed by atoms with Gasteiger partial charge in [-0.2, -0.15) is 0 Å². The molecule has 0 aromatic heterocycles. The zero-order valence-corrected chi connectivity index (χ0v) is 16.1. The van der Waals surface area contributed by atoms with Crippen LogP contribution in [0.5, 0.6) is 23.0 Å². The first-order chi connectivity index (χ1) is 12.9. The van der Waals surface area contributed by atoms with E-state index in [0.717, 1.165) is 17.1 Å². The topological polar surface area (TPSA) is 66.0 Å². The first kappa shape index (κ1) is 18.9. The molecule has 1 unspecified atom stereocenters. The SMILES string of the molecule is COc1ccc2c(c1)OC(C)(C)CC2NC(=O)COc1ccccc1OC. The quantitative estimate of drug-likeness (QED) is 0.842. The number of nitrogens with one attached hydrogen (secondary N) is 1. The largest absolute Gasteiger partial charge is 0.497 e. The number of methoxy groups -OCH3 is 2. The molecule has 1 atom stereocenters. The summed E-state index contributed by atoms with van der Waals surface area (Å²) in [5.74, 6) is 2.37. The van der Waals surface area contributed by atoms with E-state index >= 15 is 0 Å². The van der Waals surface area contributed by atoms with Crippen molar-refractivity contribution in [3.05, 3.63) is 48.0 Å². The minimum atomic E-state index is -0.402. The fourth-order valence-electron chi connectivity index (χ4n) is 3.20. The second kappa shape index (κ2) is 7.78. The number of ether oxygens (including phenoxy) is 4. The molecule has 6 heteroatoms. The van der Waals surface area contributed by atoms with Gasteiger partial charge >= 0.3 is 0 Å². The molecule has 0 radical (unpaired) electrons. The summed E-state index contributed by atoms with van der Waals surface area (Å²) in [7, 11) is 3.18. The lowest BCUT2D eigenvalue weighted by Gasteiger charge is -2.38. The standard InChI is InChI=1S/C21H25NO5/c1-21(2)12-16(15-10-9-14(24-3)11-19(15)27-21)22-20(23)13-26-18-8-6-5-7-17(18)25-4/h5-11,16H,12-13H2,1-4H3,(H,22,23). The number of fused-ring (bicyclic) bond motifs is 1. The predicted octanol–water partition coefficient (Wildman–Crippen LogP) is 3.50. The van der Waals surface area contributed by atoms with Crippen LogP contribution in [-0.2, 0) is 4.79 Å². The van der Waals surface area contributed by atoms with Crippen LogP contribution >= 0.6 is 0 Å². The van der Waals surface area contributed by atoms with Crippen molar-refractivity contribution in [3.8, 4) is 23.0 Å². The molecule has 1 heterocycles. The van der Waals surface area contributed by atoms with Gasteiger partial charge in [0, 0.05) is 18.1 Å². The zero-order valence-electron chi connectivity index (χ0n) is 16.1. The monoisotopic (exact) mass is 371 g/mol. The molecule has 1 aliphatic heterocycles. The Bertz CT molecular complexity index is 818. The van der Waals surface area contributed by atoms with E-state index in [9.17, 15) is 4.79 Å². The third kappa shape index (κ3) is 4.45. The number of para-hydroxylation sites is 2. The van der Waals surface area contributed by atoms with Crippen molar-refractivity contribution in [1.29, 1.82) is 0 Å². The summed E-state index contributed by atoms with van der Waals surface area (Å²) in [5, 5.41) is 3.05. The van der Waals surface area contributed by atoms with Gasteiger partial charge in [0.2, 0.25) is 0 Å². The smallest absolute Gasteiger partial charge is 0.258 e. The van der Waals surface area contributed by atoms with Crippen molar-refractivity contribution in [2.24, 2.45) is 0 Å². The van der Waals surface area contributed by atoms with Crippen molar-refractivity contribution >= 4 is 5.91 Å². The van der Waals surface area contributed by atoms with Gasteiger partial charge in [-0.1, -0.05) is 12.1 Å². The number of carbonyl (C=O) groups is 1. The van der Waals surface area contributed by atoms with E-state index in [0.29, 0.717) is 17.9 Å². The second-order valence-corrected chi connectivity index (χ2v) is 7.03. The molecule has 1 aliphatic rings. The highest BCUT2D eigenvalue weighted by Crippen LogP contribution is 2.41. The molecule has 2 aromatic rings. The summed E-state index contributed by atoms with van der Waals surface area (Å²) in [6.07, 6.45) is 0.659. The van der Waals surface area contributed by atoms with Gasteiger partial charge in [0.1, 0.15) is 17.1 Å². The second-order valence-electron chi connectivity index (χ2n) is 7.03. The van der Waals surface area contributed by atoms with Gasteiger partial charge in [-0.05, 0) is 38.1 Å². The van der Waals surface area contributed by atoms with Crippen LogP contribution in [0.2, 0.25) is 0 Å². The fraction of sp³-hybridized carbons (Fsp3) is 0.381. The molecule has 0 saturated carbocycles. The van der Waals surface area contributed by atoms with E-state index in [4.69, 9.17) is 18.9 Å². The lowest BCUT2D eigenvalue weighted by atomic mass is 9.89. The maximum Gasteiger partial charge on any atom is 0.258 e. The molecule has 2 aromatic carbocycles. The highest BCUT2D eigenvalue weighted by Gasteiger charge is 2.34.